The maximum Gasteiger partial charge on any atom is 0.407 e. The quantitative estimate of drug-likeness (QED) is 0.471. The first-order valence-corrected chi connectivity index (χ1v) is 11.6. The second-order valence-electron chi connectivity index (χ2n) is 8.50. The van der Waals surface area contributed by atoms with Gasteiger partial charge in [-0.3, -0.25) is 9.88 Å². The number of hydrogen-bond donors (Lipinski definition) is 2. The summed E-state index contributed by atoms with van der Waals surface area (Å²) in [5.41, 5.74) is 6.35. The van der Waals surface area contributed by atoms with E-state index in [-0.39, 0.29) is 0 Å². The lowest BCUT2D eigenvalue weighted by Gasteiger charge is -2.36. The number of esters is 1. The lowest BCUT2D eigenvalue weighted by Crippen LogP contribution is -2.42. The van der Waals surface area contributed by atoms with Gasteiger partial charge in [0, 0.05) is 37.7 Å². The Morgan fingerprint density at radius 1 is 1.17 bits per heavy atom. The summed E-state index contributed by atoms with van der Waals surface area (Å²) >= 11 is 0. The standard InChI is InChI=1S/C27H30N4O4/c1-4-18-5-7-20(8-6-18)30(2)21-9-10-22-19(15-21)12-14-31(27(33)34)25(22)17-29-24-16-28-13-11-23(24)26(32)35-3/h5-11,13,15-16,25,29H,4,12,14,17H2,1-3H3,(H,33,34)/t25-/m0/s1. The molecule has 0 fully saturated rings. The molecule has 2 heterocycles. The van der Waals surface area contributed by atoms with Gasteiger partial charge in [-0.1, -0.05) is 25.1 Å². The zero-order valence-corrected chi connectivity index (χ0v) is 20.2. The first kappa shape index (κ1) is 24.1. The van der Waals surface area contributed by atoms with E-state index in [9.17, 15) is 14.7 Å². The Hall–Kier alpha value is -4.07. The van der Waals surface area contributed by atoms with E-state index in [1.807, 2.05) is 19.2 Å². The second kappa shape index (κ2) is 10.5. The average Bonchev–Trinajstić information content (AvgIpc) is 2.90. The zero-order chi connectivity index (χ0) is 24.9. The van der Waals surface area contributed by atoms with Crippen molar-refractivity contribution in [1.29, 1.82) is 0 Å². The number of carbonyl (C=O) groups is 2. The van der Waals surface area contributed by atoms with Gasteiger partial charge in [0.15, 0.2) is 0 Å². The van der Waals surface area contributed by atoms with Crippen molar-refractivity contribution in [3.05, 3.63) is 83.2 Å². The number of rotatable bonds is 7. The number of carboxylic acid groups (broad SMARTS) is 1. The fourth-order valence-electron chi connectivity index (χ4n) is 4.49. The molecular formula is C27H30N4O4. The van der Waals surface area contributed by atoms with Crippen LogP contribution in [0.25, 0.3) is 0 Å². The number of aromatic nitrogens is 1. The average molecular weight is 475 g/mol. The van der Waals surface area contributed by atoms with Gasteiger partial charge in [-0.15, -0.1) is 0 Å². The highest BCUT2D eigenvalue weighted by molar-refractivity contribution is 5.95. The van der Waals surface area contributed by atoms with Crippen molar-refractivity contribution in [1.82, 2.24) is 9.88 Å². The Kier molecular flexibility index (Phi) is 7.19. The highest BCUT2D eigenvalue weighted by Crippen LogP contribution is 2.34. The molecule has 2 aromatic carbocycles. The molecule has 2 N–H and O–H groups in total. The van der Waals surface area contributed by atoms with Crippen molar-refractivity contribution in [2.45, 2.75) is 25.8 Å². The maximum absolute atomic E-state index is 12.1. The van der Waals surface area contributed by atoms with Crippen LogP contribution in [0.5, 0.6) is 0 Å². The van der Waals surface area contributed by atoms with Crippen LogP contribution in [-0.4, -0.2) is 54.3 Å². The van der Waals surface area contributed by atoms with Gasteiger partial charge < -0.3 is 20.1 Å². The number of fused-ring (bicyclic) bond motifs is 1. The number of nitrogens with one attached hydrogen (secondary N) is 1. The fourth-order valence-corrected chi connectivity index (χ4v) is 4.49. The second-order valence-corrected chi connectivity index (χ2v) is 8.50. The molecule has 4 rings (SSSR count). The van der Waals surface area contributed by atoms with E-state index in [1.54, 1.807) is 12.3 Å². The molecule has 3 aromatic rings. The summed E-state index contributed by atoms with van der Waals surface area (Å²) in [6.07, 6.45) is 3.72. The van der Waals surface area contributed by atoms with E-state index in [4.69, 9.17) is 4.74 Å². The van der Waals surface area contributed by atoms with Crippen molar-refractivity contribution in [3.63, 3.8) is 0 Å². The summed E-state index contributed by atoms with van der Waals surface area (Å²) in [5.74, 6) is -0.478. The number of aryl methyl sites for hydroxylation is 1. The van der Waals surface area contributed by atoms with Crippen LogP contribution in [0.4, 0.5) is 21.9 Å². The SMILES string of the molecule is CCc1ccc(N(C)c2ccc3c(c2)CCN(C(=O)O)[C@H]3CNc2cnccc2C(=O)OC)cc1. The molecule has 35 heavy (non-hydrogen) atoms. The van der Waals surface area contributed by atoms with Crippen LogP contribution in [0.3, 0.4) is 0 Å². The Morgan fingerprint density at radius 2 is 1.91 bits per heavy atom. The topological polar surface area (TPSA) is 95.0 Å². The van der Waals surface area contributed by atoms with Crippen LogP contribution in [0, 0.1) is 0 Å². The molecule has 1 aromatic heterocycles. The minimum atomic E-state index is -0.973. The van der Waals surface area contributed by atoms with E-state index in [1.165, 1.54) is 23.8 Å². The molecule has 1 aliphatic heterocycles. The zero-order valence-electron chi connectivity index (χ0n) is 20.2. The molecule has 0 saturated heterocycles. The number of amides is 1. The molecule has 0 unspecified atom stereocenters. The van der Waals surface area contributed by atoms with Crippen molar-refractivity contribution in [3.8, 4) is 0 Å². The molecule has 0 bridgehead atoms. The largest absolute Gasteiger partial charge is 0.465 e. The first-order chi connectivity index (χ1) is 16.9. The minimum Gasteiger partial charge on any atom is -0.465 e. The van der Waals surface area contributed by atoms with Crippen LogP contribution < -0.4 is 10.2 Å². The number of ether oxygens (including phenoxy) is 1. The van der Waals surface area contributed by atoms with E-state index < -0.39 is 18.1 Å². The monoisotopic (exact) mass is 474 g/mol. The van der Waals surface area contributed by atoms with Gasteiger partial charge in [-0.2, -0.15) is 0 Å². The van der Waals surface area contributed by atoms with Crippen LogP contribution in [0.1, 0.15) is 40.0 Å². The van der Waals surface area contributed by atoms with Crippen molar-refractivity contribution >= 4 is 29.1 Å². The summed E-state index contributed by atoms with van der Waals surface area (Å²) in [7, 11) is 3.35. The fraction of sp³-hybridized carbons (Fsp3) is 0.296. The minimum absolute atomic E-state index is 0.294. The number of hydrogen-bond acceptors (Lipinski definition) is 6. The van der Waals surface area contributed by atoms with Crippen molar-refractivity contribution in [2.75, 3.05) is 37.5 Å². The van der Waals surface area contributed by atoms with Crippen LogP contribution in [-0.2, 0) is 17.6 Å². The molecule has 8 heteroatoms. The van der Waals surface area contributed by atoms with Crippen LogP contribution >= 0.6 is 0 Å². The van der Waals surface area contributed by atoms with Crippen LogP contribution in [0.15, 0.2) is 60.9 Å². The molecule has 1 atom stereocenters. The van der Waals surface area contributed by atoms with Crippen LogP contribution in [0.2, 0.25) is 0 Å². The third kappa shape index (κ3) is 5.06. The van der Waals surface area contributed by atoms with E-state index in [2.05, 4.69) is 52.5 Å². The Labute approximate surface area is 205 Å². The highest BCUT2D eigenvalue weighted by Gasteiger charge is 2.31. The number of methoxy groups -OCH3 is 1. The van der Waals surface area contributed by atoms with E-state index >= 15 is 0 Å². The lowest BCUT2D eigenvalue weighted by molar-refractivity contribution is 0.0601. The first-order valence-electron chi connectivity index (χ1n) is 11.6. The number of carbonyl (C=O) groups excluding carboxylic acids is 1. The van der Waals surface area contributed by atoms with Gasteiger partial charge in [-0.25, -0.2) is 9.59 Å². The Morgan fingerprint density at radius 3 is 2.60 bits per heavy atom. The van der Waals surface area contributed by atoms with Gasteiger partial charge in [0.05, 0.1) is 30.6 Å². The molecule has 0 spiro atoms. The van der Waals surface area contributed by atoms with E-state index in [0.29, 0.717) is 30.8 Å². The molecular weight excluding hydrogens is 444 g/mol. The summed E-state index contributed by atoms with van der Waals surface area (Å²) in [5, 5.41) is 13.1. The van der Waals surface area contributed by atoms with Gasteiger partial charge in [0.25, 0.3) is 0 Å². The van der Waals surface area contributed by atoms with Gasteiger partial charge in [-0.05, 0) is 59.9 Å². The maximum atomic E-state index is 12.1. The molecule has 1 amide bonds. The van der Waals surface area contributed by atoms with Gasteiger partial charge in [0.1, 0.15) is 0 Å². The molecule has 0 saturated carbocycles. The summed E-state index contributed by atoms with van der Waals surface area (Å²) in [4.78, 5) is 31.8. The number of benzene rings is 2. The Bertz CT molecular complexity index is 1210. The molecule has 0 radical (unpaired) electrons. The summed E-state index contributed by atoms with van der Waals surface area (Å²) < 4.78 is 4.85. The summed E-state index contributed by atoms with van der Waals surface area (Å²) in [6.45, 7) is 2.82. The Balaban J connectivity index is 1.60. The van der Waals surface area contributed by atoms with Crippen molar-refractivity contribution in [2.24, 2.45) is 0 Å². The normalized spacial score (nSPS) is 14.7. The van der Waals surface area contributed by atoms with Gasteiger partial charge >= 0.3 is 12.1 Å². The predicted octanol–water partition coefficient (Wildman–Crippen LogP) is 4.89. The third-order valence-corrected chi connectivity index (χ3v) is 6.56. The number of pyridine rings is 1. The van der Waals surface area contributed by atoms with Crippen molar-refractivity contribution < 1.29 is 19.4 Å². The molecule has 182 valence electrons. The third-order valence-electron chi connectivity index (χ3n) is 6.56. The molecule has 1 aliphatic rings. The summed E-state index contributed by atoms with van der Waals surface area (Å²) in [6, 6.07) is 15.8. The highest BCUT2D eigenvalue weighted by atomic mass is 16.5. The lowest BCUT2D eigenvalue weighted by atomic mass is 9.91. The molecule has 8 nitrogen and oxygen atoms in total. The van der Waals surface area contributed by atoms with E-state index in [0.717, 1.165) is 28.9 Å². The number of anilines is 3. The smallest absolute Gasteiger partial charge is 0.407 e. The number of nitrogens with zero attached hydrogens (tertiary/aromatic N) is 3. The molecule has 0 aliphatic carbocycles. The predicted molar refractivity (Wildman–Crippen MR) is 136 cm³/mol. The van der Waals surface area contributed by atoms with Gasteiger partial charge in [0.2, 0.25) is 0 Å².